The van der Waals surface area contributed by atoms with Gasteiger partial charge in [-0.1, -0.05) is 47.2 Å². The summed E-state index contributed by atoms with van der Waals surface area (Å²) < 4.78 is 69.7. The van der Waals surface area contributed by atoms with Crippen LogP contribution in [0.5, 0.6) is 5.75 Å². The average molecular weight is 755 g/mol. The van der Waals surface area contributed by atoms with Crippen LogP contribution < -0.4 is 5.11 Å². The summed E-state index contributed by atoms with van der Waals surface area (Å²) in [5.74, 6) is -2.58. The van der Waals surface area contributed by atoms with E-state index in [-0.39, 0.29) is 34.3 Å². The molecule has 0 unspecified atom stereocenters. The molecule has 0 aliphatic heterocycles. The highest BCUT2D eigenvalue weighted by Crippen LogP contribution is 2.40. The average Bonchev–Trinajstić information content (AvgIpc) is 3.04. The maximum Gasteiger partial charge on any atom is 0.356 e. The molecule has 0 saturated heterocycles. The molecule has 0 radical (unpaired) electrons. The van der Waals surface area contributed by atoms with Crippen molar-refractivity contribution < 1.29 is 45.7 Å². The number of aliphatic carboxylic acids is 1. The van der Waals surface area contributed by atoms with Crippen LogP contribution in [0.2, 0.25) is 0 Å². The second kappa shape index (κ2) is 14.6. The lowest BCUT2D eigenvalue weighted by molar-refractivity contribution is -0.272. The van der Waals surface area contributed by atoms with Gasteiger partial charge >= 0.3 is 5.97 Å². The minimum Gasteiger partial charge on any atom is -0.871 e. The zero-order valence-electron chi connectivity index (χ0n) is 29.9. The van der Waals surface area contributed by atoms with Crippen LogP contribution in [0.25, 0.3) is 5.57 Å². The summed E-state index contributed by atoms with van der Waals surface area (Å²) in [5, 5.41) is 23.6. The van der Waals surface area contributed by atoms with E-state index in [0.29, 0.717) is 36.0 Å². The lowest BCUT2D eigenvalue weighted by atomic mass is 9.82. The van der Waals surface area contributed by atoms with Gasteiger partial charge in [0.1, 0.15) is 22.3 Å². The normalized spacial score (nSPS) is 14.3. The molecule has 0 amide bonds. The van der Waals surface area contributed by atoms with Gasteiger partial charge in [0.15, 0.2) is 0 Å². The molecule has 4 aromatic carbocycles. The van der Waals surface area contributed by atoms with Crippen LogP contribution >= 0.6 is 0 Å². The van der Waals surface area contributed by atoms with Crippen LogP contribution in [-0.4, -0.2) is 43.3 Å². The van der Waals surface area contributed by atoms with Gasteiger partial charge in [-0.05, 0) is 111 Å². The molecule has 0 bridgehead atoms. The molecule has 3 N–H and O–H groups in total. The van der Waals surface area contributed by atoms with Crippen LogP contribution in [0.15, 0.2) is 93.3 Å². The van der Waals surface area contributed by atoms with Crippen molar-refractivity contribution >= 4 is 38.1 Å². The Bertz CT molecular complexity index is 2490. The van der Waals surface area contributed by atoms with Crippen LogP contribution in [0.1, 0.15) is 71.6 Å². The van der Waals surface area contributed by atoms with Gasteiger partial charge in [0.05, 0.1) is 10.5 Å². The number of hydrogen-bond donors (Lipinski definition) is 3. The lowest BCUT2D eigenvalue weighted by Crippen LogP contribution is -2.14. The maximum absolute atomic E-state index is 13.1. The SMILES string of the molecule is Cc1cc(C)c(CC2=C[CH+]C(=C(c3ccc(Cc4c(C)cc(C)cc4C)c(C=O)c3)c3cc([O-])c(S(=O)(=O)O)cc3S(=O)(=O)O)C=C2C(=O)O)c(C)c1. The Hall–Kier alpha value is -5.27. The molecule has 12 heteroatoms. The van der Waals surface area contributed by atoms with Gasteiger partial charge in [0, 0.05) is 47.3 Å². The highest BCUT2D eigenvalue weighted by Gasteiger charge is 2.32. The first-order valence-electron chi connectivity index (χ1n) is 16.5. The highest BCUT2D eigenvalue weighted by molar-refractivity contribution is 7.86. The van der Waals surface area contributed by atoms with Crippen molar-refractivity contribution in [2.45, 2.75) is 64.2 Å². The third-order valence-electron chi connectivity index (χ3n) is 9.48. The molecule has 0 spiro atoms. The van der Waals surface area contributed by atoms with Gasteiger partial charge in [-0.3, -0.25) is 13.9 Å². The molecule has 5 rings (SSSR count). The number of hydrogen-bond acceptors (Lipinski definition) is 7. The van der Waals surface area contributed by atoms with E-state index < -0.39 is 47.3 Å². The molecule has 0 heterocycles. The Morgan fingerprint density at radius 2 is 1.28 bits per heavy atom. The molecular weight excluding hydrogens is 717 g/mol. The van der Waals surface area contributed by atoms with Gasteiger partial charge in [0.2, 0.25) is 0 Å². The van der Waals surface area contributed by atoms with E-state index in [1.54, 1.807) is 18.2 Å². The van der Waals surface area contributed by atoms with E-state index in [4.69, 9.17) is 0 Å². The zero-order valence-corrected chi connectivity index (χ0v) is 31.6. The van der Waals surface area contributed by atoms with Crippen LogP contribution in [0.4, 0.5) is 0 Å². The number of carbonyl (C=O) groups excluding carboxylic acids is 1. The molecule has 0 saturated carbocycles. The number of aldehydes is 1. The Morgan fingerprint density at radius 1 is 0.755 bits per heavy atom. The van der Waals surface area contributed by atoms with E-state index in [0.717, 1.165) is 44.5 Å². The fourth-order valence-corrected chi connectivity index (χ4v) is 8.45. The Kier molecular flexibility index (Phi) is 10.8. The Balaban J connectivity index is 1.79. The first-order valence-corrected chi connectivity index (χ1v) is 19.3. The summed E-state index contributed by atoms with van der Waals surface area (Å²) >= 11 is 0. The van der Waals surface area contributed by atoms with Crippen molar-refractivity contribution in [2.75, 3.05) is 0 Å². The van der Waals surface area contributed by atoms with E-state index in [2.05, 4.69) is 0 Å². The lowest BCUT2D eigenvalue weighted by Gasteiger charge is -2.20. The van der Waals surface area contributed by atoms with Gasteiger partial charge in [0.25, 0.3) is 20.2 Å². The molecule has 1 aliphatic rings. The van der Waals surface area contributed by atoms with Gasteiger partial charge in [-0.15, -0.1) is 0 Å². The summed E-state index contributed by atoms with van der Waals surface area (Å²) in [6, 6.07) is 13.7. The van der Waals surface area contributed by atoms with Crippen molar-refractivity contribution in [3.63, 3.8) is 0 Å². The first kappa shape index (κ1) is 38.9. The predicted octanol–water partition coefficient (Wildman–Crippen LogP) is 6.71. The number of allylic oxidation sites excluding steroid dienone is 3. The summed E-state index contributed by atoms with van der Waals surface area (Å²) in [5.41, 5.74) is 8.84. The smallest absolute Gasteiger partial charge is 0.356 e. The highest BCUT2D eigenvalue weighted by atomic mass is 32.2. The second-order valence-electron chi connectivity index (χ2n) is 13.4. The van der Waals surface area contributed by atoms with Gasteiger partial charge < -0.3 is 10.2 Å². The number of rotatable bonds is 10. The molecule has 0 atom stereocenters. The van der Waals surface area contributed by atoms with Crippen molar-refractivity contribution in [1.82, 2.24) is 0 Å². The zero-order chi connectivity index (χ0) is 39.2. The molecule has 10 nitrogen and oxygen atoms in total. The largest absolute Gasteiger partial charge is 0.871 e. The number of carbonyl (C=O) groups is 2. The standard InChI is InChI=1S/C41H38O10S2/c1-22-11-24(3)33(25(4)12-22)16-28-7-9-30(15-32(28)21-42)40(36-19-37(43)39(53(49,50)51)20-38(36)52(46,47)48)31-10-8-29(35(18-31)41(44)45)17-34-26(5)13-23(2)14-27(34)6/h7-15,18-21H,16-17H2,1-6H3,(H3-,43,44,45,46,47,48,49,50,51). The number of benzene rings is 4. The quantitative estimate of drug-likeness (QED) is 0.0893. The van der Waals surface area contributed by atoms with Gasteiger partial charge in [-0.2, -0.15) is 16.8 Å². The van der Waals surface area contributed by atoms with Crippen LogP contribution in [0, 0.1) is 48.0 Å². The summed E-state index contributed by atoms with van der Waals surface area (Å²) in [6.45, 7) is 11.7. The molecule has 1 aliphatic carbocycles. The first-order chi connectivity index (χ1) is 24.7. The van der Waals surface area contributed by atoms with Crippen molar-refractivity contribution in [1.29, 1.82) is 0 Å². The number of carboxylic acids is 1. The second-order valence-corrected chi connectivity index (χ2v) is 16.2. The minimum absolute atomic E-state index is 0.0854. The number of carboxylic acid groups (broad SMARTS) is 1. The molecule has 0 fully saturated rings. The molecule has 53 heavy (non-hydrogen) atoms. The fourth-order valence-electron chi connectivity index (χ4n) is 7.09. The van der Waals surface area contributed by atoms with E-state index in [1.807, 2.05) is 65.8 Å². The predicted molar refractivity (Wildman–Crippen MR) is 199 cm³/mol. The van der Waals surface area contributed by atoms with Crippen LogP contribution in [-0.2, 0) is 37.9 Å². The molecule has 4 aromatic rings. The number of aryl methyl sites for hydroxylation is 6. The molecule has 274 valence electrons. The third-order valence-corrected chi connectivity index (χ3v) is 11.2. The maximum atomic E-state index is 13.1. The van der Waals surface area contributed by atoms with Crippen molar-refractivity contribution in [3.8, 4) is 5.75 Å². The molecule has 0 aromatic heterocycles. The fraction of sp³-hybridized carbons (Fsp3) is 0.195. The van der Waals surface area contributed by atoms with Gasteiger partial charge in [-0.25, -0.2) is 4.79 Å². The van der Waals surface area contributed by atoms with Crippen molar-refractivity contribution in [3.05, 3.63) is 157 Å². The van der Waals surface area contributed by atoms with Crippen LogP contribution in [0.3, 0.4) is 0 Å². The van der Waals surface area contributed by atoms with E-state index in [1.165, 1.54) is 18.6 Å². The minimum atomic E-state index is -5.28. The summed E-state index contributed by atoms with van der Waals surface area (Å²) in [7, 11) is -10.5. The summed E-state index contributed by atoms with van der Waals surface area (Å²) in [4.78, 5) is 23.1. The molecular formula is C41H38O10S2. The monoisotopic (exact) mass is 754 g/mol. The van der Waals surface area contributed by atoms with E-state index in [9.17, 15) is 45.7 Å². The topological polar surface area (TPSA) is 186 Å². The summed E-state index contributed by atoms with van der Waals surface area (Å²) in [6.07, 6.45) is 5.64. The third kappa shape index (κ3) is 8.21. The Labute approximate surface area is 309 Å². The van der Waals surface area contributed by atoms with Crippen molar-refractivity contribution in [2.24, 2.45) is 0 Å². The Morgan fingerprint density at radius 3 is 1.77 bits per heavy atom. The van der Waals surface area contributed by atoms with E-state index >= 15 is 0 Å².